The van der Waals surface area contributed by atoms with E-state index in [4.69, 9.17) is 0 Å². The molecule has 0 aromatic carbocycles. The third-order valence-electron chi connectivity index (χ3n) is 5.82. The first-order valence-corrected chi connectivity index (χ1v) is 10.3. The molecule has 27 heavy (non-hydrogen) atoms. The van der Waals surface area contributed by atoms with Crippen LogP contribution in [0.3, 0.4) is 0 Å². The molecule has 5 heteroatoms. The Kier molecular flexibility index (Phi) is 5.30. The summed E-state index contributed by atoms with van der Waals surface area (Å²) in [7, 11) is 0. The SMILES string of the molecule is CC(C)CN1CCCCC1C(=O)N1CC=C(c2c[nH]c3ncccc23)CC1. The lowest BCUT2D eigenvalue weighted by Gasteiger charge is -2.39. The number of pyridine rings is 1. The molecule has 0 bridgehead atoms. The number of nitrogens with zero attached hydrogens (tertiary/aromatic N) is 3. The second-order valence-electron chi connectivity index (χ2n) is 8.27. The summed E-state index contributed by atoms with van der Waals surface area (Å²) in [6, 6.07) is 4.16. The maximum absolute atomic E-state index is 13.2. The summed E-state index contributed by atoms with van der Waals surface area (Å²) in [6.45, 7) is 8.08. The number of carbonyl (C=O) groups excluding carboxylic acids is 1. The first kappa shape index (κ1) is 18.2. The van der Waals surface area contributed by atoms with Crippen LogP contribution < -0.4 is 0 Å². The summed E-state index contributed by atoms with van der Waals surface area (Å²) in [4.78, 5) is 25.3. The number of aromatic amines is 1. The van der Waals surface area contributed by atoms with Gasteiger partial charge in [-0.25, -0.2) is 4.98 Å². The molecule has 4 rings (SSSR count). The van der Waals surface area contributed by atoms with E-state index < -0.39 is 0 Å². The fourth-order valence-corrected chi connectivity index (χ4v) is 4.50. The van der Waals surface area contributed by atoms with Crippen LogP contribution in [-0.2, 0) is 4.79 Å². The summed E-state index contributed by atoms with van der Waals surface area (Å²) in [5.41, 5.74) is 3.48. The zero-order chi connectivity index (χ0) is 18.8. The van der Waals surface area contributed by atoms with Gasteiger partial charge < -0.3 is 9.88 Å². The first-order valence-electron chi connectivity index (χ1n) is 10.3. The Hall–Kier alpha value is -2.14. The smallest absolute Gasteiger partial charge is 0.240 e. The van der Waals surface area contributed by atoms with Gasteiger partial charge in [-0.2, -0.15) is 0 Å². The molecule has 5 nitrogen and oxygen atoms in total. The quantitative estimate of drug-likeness (QED) is 0.898. The molecule has 2 aliphatic rings. The molecule has 0 radical (unpaired) electrons. The Labute approximate surface area is 161 Å². The van der Waals surface area contributed by atoms with E-state index in [0.717, 1.165) is 38.1 Å². The largest absolute Gasteiger partial charge is 0.346 e. The van der Waals surface area contributed by atoms with Crippen LogP contribution in [0.5, 0.6) is 0 Å². The van der Waals surface area contributed by atoms with Gasteiger partial charge in [-0.3, -0.25) is 9.69 Å². The highest BCUT2D eigenvalue weighted by atomic mass is 16.2. The van der Waals surface area contributed by atoms with Crippen molar-refractivity contribution >= 4 is 22.5 Å². The highest BCUT2D eigenvalue weighted by Crippen LogP contribution is 2.29. The number of amides is 1. The Morgan fingerprint density at radius 2 is 2.22 bits per heavy atom. The number of hydrogen-bond acceptors (Lipinski definition) is 3. The molecule has 144 valence electrons. The molecule has 1 atom stereocenters. The van der Waals surface area contributed by atoms with E-state index in [0.29, 0.717) is 18.4 Å². The summed E-state index contributed by atoms with van der Waals surface area (Å²) in [5, 5.41) is 1.17. The van der Waals surface area contributed by atoms with Gasteiger partial charge in [-0.1, -0.05) is 26.3 Å². The van der Waals surface area contributed by atoms with E-state index in [1.54, 1.807) is 0 Å². The highest BCUT2D eigenvalue weighted by Gasteiger charge is 2.32. The molecule has 2 aromatic rings. The summed E-state index contributed by atoms with van der Waals surface area (Å²) in [5.74, 6) is 0.924. The Balaban J connectivity index is 1.47. The van der Waals surface area contributed by atoms with Crippen molar-refractivity contribution in [2.75, 3.05) is 26.2 Å². The standard InChI is InChI=1S/C22H30N4O/c1-16(2)15-26-11-4-3-7-20(26)22(27)25-12-8-17(9-13-25)19-14-24-21-18(19)6-5-10-23-21/h5-6,8,10,14,16,20H,3-4,7,9,11-13,15H2,1-2H3,(H,23,24). The van der Waals surface area contributed by atoms with Gasteiger partial charge in [0.05, 0.1) is 6.04 Å². The third kappa shape index (κ3) is 3.79. The van der Waals surface area contributed by atoms with Gasteiger partial charge in [0, 0.05) is 43.0 Å². The van der Waals surface area contributed by atoms with Crippen LogP contribution >= 0.6 is 0 Å². The van der Waals surface area contributed by atoms with Gasteiger partial charge in [0.15, 0.2) is 0 Å². The third-order valence-corrected chi connectivity index (χ3v) is 5.82. The topological polar surface area (TPSA) is 52.2 Å². The molecular weight excluding hydrogens is 336 g/mol. The number of piperidine rings is 1. The number of hydrogen-bond donors (Lipinski definition) is 1. The molecule has 2 aromatic heterocycles. The van der Waals surface area contributed by atoms with Crippen molar-refractivity contribution in [1.82, 2.24) is 19.8 Å². The monoisotopic (exact) mass is 366 g/mol. The minimum Gasteiger partial charge on any atom is -0.346 e. The van der Waals surface area contributed by atoms with Gasteiger partial charge in [-0.05, 0) is 49.4 Å². The van der Waals surface area contributed by atoms with Crippen LogP contribution in [0, 0.1) is 5.92 Å². The predicted octanol–water partition coefficient (Wildman–Crippen LogP) is 3.69. The van der Waals surface area contributed by atoms with Crippen molar-refractivity contribution < 1.29 is 4.79 Å². The number of H-pyrrole nitrogens is 1. The number of rotatable bonds is 4. The van der Waals surface area contributed by atoms with E-state index in [1.165, 1.54) is 29.4 Å². The molecule has 0 spiro atoms. The molecule has 1 saturated heterocycles. The summed E-state index contributed by atoms with van der Waals surface area (Å²) >= 11 is 0. The zero-order valence-electron chi connectivity index (χ0n) is 16.4. The lowest BCUT2D eigenvalue weighted by molar-refractivity contribution is -0.138. The molecule has 0 aliphatic carbocycles. The lowest BCUT2D eigenvalue weighted by Crippen LogP contribution is -2.52. The van der Waals surface area contributed by atoms with Crippen molar-refractivity contribution in [1.29, 1.82) is 0 Å². The van der Waals surface area contributed by atoms with Crippen molar-refractivity contribution in [2.24, 2.45) is 5.92 Å². The van der Waals surface area contributed by atoms with Gasteiger partial charge in [0.1, 0.15) is 5.65 Å². The number of aromatic nitrogens is 2. The van der Waals surface area contributed by atoms with Crippen molar-refractivity contribution in [3.63, 3.8) is 0 Å². The molecule has 4 heterocycles. The van der Waals surface area contributed by atoms with Gasteiger partial charge in [-0.15, -0.1) is 0 Å². The van der Waals surface area contributed by atoms with Crippen LogP contribution in [0.25, 0.3) is 16.6 Å². The molecule has 0 saturated carbocycles. The second kappa shape index (κ2) is 7.85. The minimum absolute atomic E-state index is 0.0772. The van der Waals surface area contributed by atoms with E-state index in [-0.39, 0.29) is 6.04 Å². The Bertz CT molecular complexity index is 838. The van der Waals surface area contributed by atoms with Gasteiger partial charge in [0.2, 0.25) is 5.91 Å². The Morgan fingerprint density at radius 1 is 1.33 bits per heavy atom. The molecule has 1 unspecified atom stereocenters. The number of likely N-dealkylation sites (tertiary alicyclic amines) is 1. The van der Waals surface area contributed by atoms with Crippen molar-refractivity contribution in [3.8, 4) is 0 Å². The zero-order valence-corrected chi connectivity index (χ0v) is 16.4. The van der Waals surface area contributed by atoms with E-state index >= 15 is 0 Å². The van der Waals surface area contributed by atoms with Crippen LogP contribution in [0.15, 0.2) is 30.6 Å². The van der Waals surface area contributed by atoms with Crippen LogP contribution in [0.4, 0.5) is 0 Å². The average Bonchev–Trinajstić information content (AvgIpc) is 3.12. The molecular formula is C22H30N4O. The van der Waals surface area contributed by atoms with E-state index in [2.05, 4.69) is 45.8 Å². The lowest BCUT2D eigenvalue weighted by atomic mass is 9.96. The maximum Gasteiger partial charge on any atom is 0.240 e. The first-order chi connectivity index (χ1) is 13.1. The van der Waals surface area contributed by atoms with Gasteiger partial charge in [0.25, 0.3) is 0 Å². The molecule has 2 aliphatic heterocycles. The number of carbonyl (C=O) groups is 1. The normalized spacial score (nSPS) is 21.7. The number of nitrogens with one attached hydrogen (secondary N) is 1. The summed E-state index contributed by atoms with van der Waals surface area (Å²) in [6.07, 6.45) is 10.4. The number of fused-ring (bicyclic) bond motifs is 1. The fraction of sp³-hybridized carbons (Fsp3) is 0.545. The molecule has 1 fully saturated rings. The van der Waals surface area contributed by atoms with E-state index in [9.17, 15) is 4.79 Å². The second-order valence-corrected chi connectivity index (χ2v) is 8.27. The van der Waals surface area contributed by atoms with Gasteiger partial charge >= 0.3 is 0 Å². The van der Waals surface area contributed by atoms with Crippen LogP contribution in [-0.4, -0.2) is 57.9 Å². The van der Waals surface area contributed by atoms with Crippen LogP contribution in [0.1, 0.15) is 45.1 Å². The summed E-state index contributed by atoms with van der Waals surface area (Å²) < 4.78 is 0. The predicted molar refractivity (Wildman–Crippen MR) is 109 cm³/mol. The minimum atomic E-state index is 0.0772. The fourth-order valence-electron chi connectivity index (χ4n) is 4.50. The molecule has 1 amide bonds. The van der Waals surface area contributed by atoms with Crippen LogP contribution in [0.2, 0.25) is 0 Å². The Morgan fingerprint density at radius 3 is 3.00 bits per heavy atom. The average molecular weight is 367 g/mol. The van der Waals surface area contributed by atoms with Crippen molar-refractivity contribution in [3.05, 3.63) is 36.2 Å². The van der Waals surface area contributed by atoms with Crippen molar-refractivity contribution in [2.45, 2.75) is 45.6 Å². The highest BCUT2D eigenvalue weighted by molar-refractivity contribution is 5.91. The van der Waals surface area contributed by atoms with E-state index in [1.807, 2.05) is 18.5 Å². The maximum atomic E-state index is 13.2. The molecule has 1 N–H and O–H groups in total.